The number of ether oxygens (including phenoxy) is 1. The number of pyridine rings is 1. The number of fused-ring (bicyclic) bond motifs is 1. The minimum Gasteiger partial charge on any atom is -0.438 e. The fraction of sp³-hybridized carbons (Fsp3) is 0.167. The number of hydrogen-bond donors (Lipinski definition) is 0. The zero-order chi connectivity index (χ0) is 24.9. The second-order valence-electron chi connectivity index (χ2n) is 7.55. The monoisotopic (exact) mass is 555 g/mol. The molecule has 0 atom stereocenters. The molecule has 0 unspecified atom stereocenters. The Bertz CT molecular complexity index is 1490. The van der Waals surface area contributed by atoms with Crippen LogP contribution in [0, 0.1) is 10.1 Å². The Morgan fingerprint density at radius 2 is 2.06 bits per heavy atom. The number of benzene rings is 2. The van der Waals surface area contributed by atoms with Gasteiger partial charge in [0.2, 0.25) is 5.88 Å². The van der Waals surface area contributed by atoms with Gasteiger partial charge in [-0.2, -0.15) is 9.78 Å². The van der Waals surface area contributed by atoms with Crippen molar-refractivity contribution < 1.29 is 9.66 Å². The van der Waals surface area contributed by atoms with Gasteiger partial charge in [-0.3, -0.25) is 14.9 Å². The van der Waals surface area contributed by atoms with Gasteiger partial charge in [-0.25, -0.2) is 9.97 Å². The molecular formula is C24H19BrClN5O4. The van der Waals surface area contributed by atoms with Crippen molar-refractivity contribution in [3.8, 4) is 11.6 Å². The first-order valence-corrected chi connectivity index (χ1v) is 11.9. The van der Waals surface area contributed by atoms with Crippen molar-refractivity contribution in [2.45, 2.75) is 26.2 Å². The van der Waals surface area contributed by atoms with Crippen molar-refractivity contribution in [2.24, 2.45) is 5.10 Å². The van der Waals surface area contributed by atoms with Crippen molar-refractivity contribution in [2.75, 3.05) is 0 Å². The molecular weight excluding hydrogens is 538 g/mol. The van der Waals surface area contributed by atoms with Crippen LogP contribution < -0.4 is 10.3 Å². The van der Waals surface area contributed by atoms with Gasteiger partial charge in [0.1, 0.15) is 17.8 Å². The molecule has 0 radical (unpaired) electrons. The van der Waals surface area contributed by atoms with E-state index in [9.17, 15) is 14.9 Å². The topological polar surface area (TPSA) is 113 Å². The first kappa shape index (κ1) is 24.5. The van der Waals surface area contributed by atoms with Crippen LogP contribution in [0.4, 0.5) is 5.69 Å². The molecule has 11 heteroatoms. The van der Waals surface area contributed by atoms with Gasteiger partial charge in [0, 0.05) is 33.6 Å². The Labute approximate surface area is 213 Å². The Hall–Kier alpha value is -3.63. The van der Waals surface area contributed by atoms with Crippen molar-refractivity contribution in [1.29, 1.82) is 0 Å². The van der Waals surface area contributed by atoms with E-state index in [1.165, 1.54) is 23.0 Å². The van der Waals surface area contributed by atoms with E-state index in [-0.39, 0.29) is 17.1 Å². The lowest BCUT2D eigenvalue weighted by atomic mass is 10.2. The minimum atomic E-state index is -0.541. The van der Waals surface area contributed by atoms with Crippen LogP contribution in [0.5, 0.6) is 11.6 Å². The largest absolute Gasteiger partial charge is 0.438 e. The number of nitro groups is 1. The zero-order valence-corrected chi connectivity index (χ0v) is 20.9. The van der Waals surface area contributed by atoms with Crippen molar-refractivity contribution in [3.63, 3.8) is 0 Å². The van der Waals surface area contributed by atoms with E-state index in [1.807, 2.05) is 6.07 Å². The smallest absolute Gasteiger partial charge is 0.287 e. The lowest BCUT2D eigenvalue weighted by molar-refractivity contribution is -0.385. The van der Waals surface area contributed by atoms with Gasteiger partial charge in [-0.15, -0.1) is 0 Å². The molecule has 178 valence electrons. The third-order valence-corrected chi connectivity index (χ3v) is 5.79. The summed E-state index contributed by atoms with van der Waals surface area (Å²) in [5.41, 5.74) is 0.650. The normalized spacial score (nSPS) is 11.3. The molecule has 4 aromatic rings. The number of aromatic nitrogens is 3. The maximum atomic E-state index is 13.3. The van der Waals surface area contributed by atoms with E-state index in [2.05, 4.69) is 37.9 Å². The van der Waals surface area contributed by atoms with E-state index in [4.69, 9.17) is 16.3 Å². The highest BCUT2D eigenvalue weighted by Gasteiger charge is 2.12. The molecule has 0 aliphatic carbocycles. The molecule has 0 fully saturated rings. The number of unbranched alkanes of at least 4 members (excludes halogenated alkanes) is 1. The third kappa shape index (κ3) is 5.72. The van der Waals surface area contributed by atoms with Gasteiger partial charge in [0.05, 0.1) is 22.0 Å². The van der Waals surface area contributed by atoms with Crippen molar-refractivity contribution in [1.82, 2.24) is 14.6 Å². The molecule has 2 heterocycles. The second-order valence-corrected chi connectivity index (χ2v) is 8.90. The second kappa shape index (κ2) is 10.7. The molecule has 9 nitrogen and oxygen atoms in total. The molecule has 0 saturated heterocycles. The summed E-state index contributed by atoms with van der Waals surface area (Å²) in [6.45, 7) is 2.06. The lowest BCUT2D eigenvalue weighted by Crippen LogP contribution is -2.22. The van der Waals surface area contributed by atoms with Crippen LogP contribution in [-0.2, 0) is 6.42 Å². The fourth-order valence-corrected chi connectivity index (χ4v) is 3.84. The van der Waals surface area contributed by atoms with E-state index >= 15 is 0 Å². The molecule has 0 aliphatic rings. The molecule has 0 bridgehead atoms. The molecule has 2 aromatic carbocycles. The Morgan fingerprint density at radius 3 is 2.77 bits per heavy atom. The average Bonchev–Trinajstić information content (AvgIpc) is 2.84. The summed E-state index contributed by atoms with van der Waals surface area (Å²) in [7, 11) is 0. The molecule has 4 rings (SSSR count). The summed E-state index contributed by atoms with van der Waals surface area (Å²) in [5.74, 6) is 1.06. The average molecular weight is 557 g/mol. The maximum absolute atomic E-state index is 13.3. The fourth-order valence-electron chi connectivity index (χ4n) is 3.30. The number of nitrogens with zero attached hydrogens (tertiary/aromatic N) is 5. The highest BCUT2D eigenvalue weighted by molar-refractivity contribution is 9.10. The first-order chi connectivity index (χ1) is 16.9. The van der Waals surface area contributed by atoms with Crippen LogP contribution in [0.25, 0.3) is 10.9 Å². The van der Waals surface area contributed by atoms with Crippen molar-refractivity contribution >= 4 is 50.3 Å². The first-order valence-electron chi connectivity index (χ1n) is 10.7. The van der Waals surface area contributed by atoms with Gasteiger partial charge in [-0.1, -0.05) is 40.9 Å². The number of halogens is 2. The van der Waals surface area contributed by atoms with Gasteiger partial charge in [0.25, 0.3) is 11.2 Å². The summed E-state index contributed by atoms with van der Waals surface area (Å²) >= 11 is 9.59. The summed E-state index contributed by atoms with van der Waals surface area (Å²) in [5, 5.41) is 16.2. The SMILES string of the molecule is CCCCc1nc2ccc(Br)cc2c(=O)n1N=Cc1cc(Cl)ccc1Oc1ccc([N+](=O)[O-])cn1. The molecule has 0 amide bonds. The van der Waals surface area contributed by atoms with Crippen LogP contribution in [0.3, 0.4) is 0 Å². The number of rotatable bonds is 8. The summed E-state index contributed by atoms with van der Waals surface area (Å²) < 4.78 is 7.86. The van der Waals surface area contributed by atoms with Crippen LogP contribution in [0.2, 0.25) is 5.02 Å². The predicted molar refractivity (Wildman–Crippen MR) is 138 cm³/mol. The quantitative estimate of drug-likeness (QED) is 0.146. The summed E-state index contributed by atoms with van der Waals surface area (Å²) in [6.07, 6.45) is 4.95. The summed E-state index contributed by atoms with van der Waals surface area (Å²) in [4.78, 5) is 32.2. The molecule has 0 N–H and O–H groups in total. The standard InChI is InChI=1S/C24H19BrClN5O4/c1-2-3-4-22-29-20-8-5-16(25)12-19(20)24(32)30(22)28-13-15-11-17(26)6-9-21(15)35-23-10-7-18(14-27-23)31(33)34/h5-14H,2-4H2,1H3. The van der Waals surface area contributed by atoms with E-state index in [0.717, 1.165) is 23.5 Å². The van der Waals surface area contributed by atoms with E-state index in [1.54, 1.807) is 30.3 Å². The highest BCUT2D eigenvalue weighted by atomic mass is 79.9. The van der Waals surface area contributed by atoms with Crippen LogP contribution in [-0.4, -0.2) is 25.8 Å². The van der Waals surface area contributed by atoms with Crippen molar-refractivity contribution in [3.05, 3.63) is 96.1 Å². The van der Waals surface area contributed by atoms with Crippen LogP contribution in [0.1, 0.15) is 31.2 Å². The number of aryl methyl sites for hydroxylation is 1. The van der Waals surface area contributed by atoms with Gasteiger partial charge in [-0.05, 0) is 42.8 Å². The number of hydrogen-bond acceptors (Lipinski definition) is 7. The molecule has 0 aliphatic heterocycles. The lowest BCUT2D eigenvalue weighted by Gasteiger charge is -2.10. The molecule has 35 heavy (non-hydrogen) atoms. The molecule has 0 spiro atoms. The Kier molecular flexibility index (Phi) is 7.52. The third-order valence-electron chi connectivity index (χ3n) is 5.06. The van der Waals surface area contributed by atoms with Gasteiger partial charge < -0.3 is 4.74 Å². The highest BCUT2D eigenvalue weighted by Crippen LogP contribution is 2.27. The van der Waals surface area contributed by atoms with E-state index < -0.39 is 4.92 Å². The van der Waals surface area contributed by atoms with Gasteiger partial charge >= 0.3 is 0 Å². The minimum absolute atomic E-state index is 0.148. The van der Waals surface area contributed by atoms with Crippen LogP contribution >= 0.6 is 27.5 Å². The maximum Gasteiger partial charge on any atom is 0.287 e. The Balaban J connectivity index is 1.74. The van der Waals surface area contributed by atoms with Gasteiger partial charge in [0.15, 0.2) is 0 Å². The zero-order valence-electron chi connectivity index (χ0n) is 18.5. The van der Waals surface area contributed by atoms with E-state index in [0.29, 0.717) is 39.5 Å². The summed E-state index contributed by atoms with van der Waals surface area (Å²) in [6, 6.07) is 12.9. The van der Waals surface area contributed by atoms with Crippen LogP contribution in [0.15, 0.2) is 69.1 Å². The molecule has 0 saturated carbocycles. The Morgan fingerprint density at radius 1 is 1.23 bits per heavy atom. The molecule has 2 aromatic heterocycles. The predicted octanol–water partition coefficient (Wildman–Crippen LogP) is 6.13.